The Labute approximate surface area is 124 Å². The normalized spacial score (nSPS) is 19.9. The molecule has 1 amide bonds. The van der Waals surface area contributed by atoms with Crippen molar-refractivity contribution in [1.29, 1.82) is 0 Å². The monoisotopic (exact) mass is 301 g/mol. The van der Waals surface area contributed by atoms with E-state index < -0.39 is 6.04 Å². The van der Waals surface area contributed by atoms with Crippen LogP contribution in [0.3, 0.4) is 0 Å². The molecule has 1 aromatic carbocycles. The van der Waals surface area contributed by atoms with Gasteiger partial charge in [-0.05, 0) is 31.9 Å². The van der Waals surface area contributed by atoms with Crippen LogP contribution in [0.2, 0.25) is 0 Å². The third-order valence-electron chi connectivity index (χ3n) is 3.37. The number of halogens is 2. The van der Waals surface area contributed by atoms with Crippen LogP contribution in [0.4, 0.5) is 10.1 Å². The standard InChI is InChI=1S/C14H20FN3O.ClH/c1-10(16)14(19)17-11-5-4-8-18(9-11)13-7-3-2-6-12(13)15;/h2-3,6-7,10-11H,4-5,8-9,16H2,1H3,(H,17,19);1H. The summed E-state index contributed by atoms with van der Waals surface area (Å²) < 4.78 is 13.7. The van der Waals surface area contributed by atoms with Crippen molar-refractivity contribution < 1.29 is 9.18 Å². The molecular formula is C14H21ClFN3O. The summed E-state index contributed by atoms with van der Waals surface area (Å²) in [4.78, 5) is 13.6. The van der Waals surface area contributed by atoms with Crippen LogP contribution in [-0.2, 0) is 4.79 Å². The Morgan fingerprint density at radius 1 is 1.50 bits per heavy atom. The van der Waals surface area contributed by atoms with Crippen LogP contribution in [0, 0.1) is 5.82 Å². The molecule has 6 heteroatoms. The maximum Gasteiger partial charge on any atom is 0.236 e. The van der Waals surface area contributed by atoms with Crippen LogP contribution in [0.1, 0.15) is 19.8 Å². The minimum atomic E-state index is -0.510. The second-order valence-electron chi connectivity index (χ2n) is 5.03. The van der Waals surface area contributed by atoms with E-state index in [2.05, 4.69) is 5.32 Å². The summed E-state index contributed by atoms with van der Waals surface area (Å²) in [6.07, 6.45) is 1.83. The van der Waals surface area contributed by atoms with E-state index in [1.54, 1.807) is 19.1 Å². The van der Waals surface area contributed by atoms with Crippen LogP contribution in [-0.4, -0.2) is 31.1 Å². The van der Waals surface area contributed by atoms with Gasteiger partial charge in [-0.15, -0.1) is 12.4 Å². The second kappa shape index (κ2) is 7.45. The topological polar surface area (TPSA) is 58.4 Å². The summed E-state index contributed by atoms with van der Waals surface area (Å²) in [5.41, 5.74) is 6.14. The molecule has 20 heavy (non-hydrogen) atoms. The predicted molar refractivity (Wildman–Crippen MR) is 80.7 cm³/mol. The molecule has 1 aromatic rings. The van der Waals surface area contributed by atoms with Crippen molar-refractivity contribution in [2.45, 2.75) is 31.8 Å². The fraction of sp³-hybridized carbons (Fsp3) is 0.500. The van der Waals surface area contributed by atoms with Crippen molar-refractivity contribution in [3.05, 3.63) is 30.1 Å². The van der Waals surface area contributed by atoms with Gasteiger partial charge in [-0.1, -0.05) is 12.1 Å². The number of benzene rings is 1. The first-order valence-electron chi connectivity index (χ1n) is 6.63. The average Bonchev–Trinajstić information content (AvgIpc) is 2.39. The Morgan fingerprint density at radius 2 is 2.20 bits per heavy atom. The number of nitrogens with zero attached hydrogens (tertiary/aromatic N) is 1. The van der Waals surface area contributed by atoms with E-state index in [4.69, 9.17) is 5.73 Å². The van der Waals surface area contributed by atoms with Gasteiger partial charge in [-0.25, -0.2) is 4.39 Å². The van der Waals surface area contributed by atoms with Gasteiger partial charge >= 0.3 is 0 Å². The Morgan fingerprint density at radius 3 is 2.85 bits per heavy atom. The molecule has 0 bridgehead atoms. The maximum atomic E-state index is 13.7. The van der Waals surface area contributed by atoms with Gasteiger partial charge in [0.2, 0.25) is 5.91 Å². The third-order valence-corrected chi connectivity index (χ3v) is 3.37. The van der Waals surface area contributed by atoms with Crippen molar-refractivity contribution in [2.24, 2.45) is 5.73 Å². The van der Waals surface area contributed by atoms with E-state index in [1.807, 2.05) is 11.0 Å². The number of hydrogen-bond acceptors (Lipinski definition) is 3. The summed E-state index contributed by atoms with van der Waals surface area (Å²) >= 11 is 0. The zero-order valence-electron chi connectivity index (χ0n) is 11.5. The smallest absolute Gasteiger partial charge is 0.236 e. The lowest BCUT2D eigenvalue weighted by molar-refractivity contribution is -0.122. The minimum absolute atomic E-state index is 0. The molecule has 3 N–H and O–H groups in total. The lowest BCUT2D eigenvalue weighted by Gasteiger charge is -2.35. The molecule has 0 aliphatic carbocycles. The Hall–Kier alpha value is -1.33. The van der Waals surface area contributed by atoms with E-state index in [-0.39, 0.29) is 30.2 Å². The molecule has 2 rings (SSSR count). The van der Waals surface area contributed by atoms with Crippen LogP contribution in [0.5, 0.6) is 0 Å². The number of rotatable bonds is 3. The molecule has 4 nitrogen and oxygen atoms in total. The summed E-state index contributed by atoms with van der Waals surface area (Å²) in [7, 11) is 0. The molecule has 112 valence electrons. The number of para-hydroxylation sites is 1. The van der Waals surface area contributed by atoms with E-state index >= 15 is 0 Å². The molecule has 1 heterocycles. The first-order chi connectivity index (χ1) is 9.08. The molecule has 0 radical (unpaired) electrons. The average molecular weight is 302 g/mol. The Bertz CT molecular complexity index is 456. The van der Waals surface area contributed by atoms with Crippen molar-refractivity contribution in [2.75, 3.05) is 18.0 Å². The summed E-state index contributed by atoms with van der Waals surface area (Å²) in [5.74, 6) is -0.373. The van der Waals surface area contributed by atoms with Crippen molar-refractivity contribution in [3.8, 4) is 0 Å². The molecule has 0 aromatic heterocycles. The number of anilines is 1. The fourth-order valence-electron chi connectivity index (χ4n) is 2.35. The van der Waals surface area contributed by atoms with Crippen molar-refractivity contribution >= 4 is 24.0 Å². The largest absolute Gasteiger partial charge is 0.367 e. The highest BCUT2D eigenvalue weighted by molar-refractivity contribution is 5.85. The highest BCUT2D eigenvalue weighted by Crippen LogP contribution is 2.22. The number of hydrogen-bond donors (Lipinski definition) is 2. The first kappa shape index (κ1) is 16.7. The molecule has 2 unspecified atom stereocenters. The van der Waals surface area contributed by atoms with Gasteiger partial charge in [0, 0.05) is 19.1 Å². The number of carbonyl (C=O) groups is 1. The van der Waals surface area contributed by atoms with Gasteiger partial charge in [-0.2, -0.15) is 0 Å². The maximum absolute atomic E-state index is 13.7. The zero-order valence-corrected chi connectivity index (χ0v) is 12.3. The highest BCUT2D eigenvalue weighted by Gasteiger charge is 2.23. The van der Waals surface area contributed by atoms with Crippen molar-refractivity contribution in [1.82, 2.24) is 5.32 Å². The van der Waals surface area contributed by atoms with Gasteiger partial charge in [0.05, 0.1) is 11.7 Å². The van der Waals surface area contributed by atoms with Crippen LogP contribution >= 0.6 is 12.4 Å². The number of nitrogens with two attached hydrogens (primary N) is 1. The van der Waals surface area contributed by atoms with Crippen LogP contribution < -0.4 is 16.0 Å². The number of nitrogens with one attached hydrogen (secondary N) is 1. The van der Waals surface area contributed by atoms with E-state index in [0.717, 1.165) is 19.4 Å². The van der Waals surface area contributed by atoms with Gasteiger partial charge in [0.15, 0.2) is 0 Å². The lowest BCUT2D eigenvalue weighted by atomic mass is 10.0. The van der Waals surface area contributed by atoms with Crippen molar-refractivity contribution in [3.63, 3.8) is 0 Å². The predicted octanol–water partition coefficient (Wildman–Crippen LogP) is 1.68. The van der Waals surface area contributed by atoms with Crippen LogP contribution in [0.25, 0.3) is 0 Å². The number of piperidine rings is 1. The summed E-state index contributed by atoms with van der Waals surface area (Å²) in [5, 5.41) is 2.91. The molecule has 0 saturated carbocycles. The first-order valence-corrected chi connectivity index (χ1v) is 6.63. The molecule has 1 aliphatic heterocycles. The fourth-order valence-corrected chi connectivity index (χ4v) is 2.35. The molecular weight excluding hydrogens is 281 g/mol. The summed E-state index contributed by atoms with van der Waals surface area (Å²) in [6.45, 7) is 3.09. The Balaban J connectivity index is 0.00000200. The highest BCUT2D eigenvalue weighted by atomic mass is 35.5. The molecule has 1 fully saturated rings. The SMILES string of the molecule is CC(N)C(=O)NC1CCCN(c2ccccc2F)C1.Cl. The Kier molecular flexibility index (Phi) is 6.23. The second-order valence-corrected chi connectivity index (χ2v) is 5.03. The quantitative estimate of drug-likeness (QED) is 0.893. The van der Waals surface area contributed by atoms with E-state index in [0.29, 0.717) is 12.2 Å². The van der Waals surface area contributed by atoms with Gasteiger partial charge in [0.1, 0.15) is 5.82 Å². The molecule has 1 saturated heterocycles. The van der Waals surface area contributed by atoms with E-state index in [1.165, 1.54) is 6.07 Å². The van der Waals surface area contributed by atoms with Gasteiger partial charge in [-0.3, -0.25) is 4.79 Å². The van der Waals surface area contributed by atoms with Gasteiger partial charge < -0.3 is 16.0 Å². The molecule has 1 aliphatic rings. The lowest BCUT2D eigenvalue weighted by Crippen LogP contribution is -2.51. The van der Waals surface area contributed by atoms with Crippen LogP contribution in [0.15, 0.2) is 24.3 Å². The van der Waals surface area contributed by atoms with Gasteiger partial charge in [0.25, 0.3) is 0 Å². The minimum Gasteiger partial charge on any atom is -0.367 e. The van der Waals surface area contributed by atoms with E-state index in [9.17, 15) is 9.18 Å². The molecule has 2 atom stereocenters. The molecule has 0 spiro atoms. The summed E-state index contributed by atoms with van der Waals surface area (Å²) in [6, 6.07) is 6.25. The number of amides is 1. The number of carbonyl (C=O) groups excluding carboxylic acids is 1. The third kappa shape index (κ3) is 4.08. The zero-order chi connectivity index (χ0) is 13.8.